The van der Waals surface area contributed by atoms with Crippen LogP contribution in [-0.4, -0.2) is 92.0 Å². The predicted octanol–water partition coefficient (Wildman–Crippen LogP) is 2.47. The van der Waals surface area contributed by atoms with Gasteiger partial charge in [0.15, 0.2) is 5.84 Å². The van der Waals surface area contributed by atoms with Crippen LogP contribution in [0.3, 0.4) is 0 Å². The summed E-state index contributed by atoms with van der Waals surface area (Å²) in [5, 5.41) is 19.5. The molecule has 3 aliphatic heterocycles. The molecule has 1 spiro atoms. The Morgan fingerprint density at radius 1 is 1.20 bits per heavy atom. The van der Waals surface area contributed by atoms with E-state index in [0.717, 1.165) is 51.3 Å². The third-order valence-corrected chi connectivity index (χ3v) is 6.89. The molecule has 2 saturated heterocycles. The molecule has 1 aromatic carbocycles. The summed E-state index contributed by atoms with van der Waals surface area (Å²) in [7, 11) is 1.96. The number of hydrogen-bond donors (Lipinski definition) is 3. The maximum Gasteiger partial charge on any atom is 0.405 e. The fourth-order valence-electron chi connectivity index (χ4n) is 5.04. The van der Waals surface area contributed by atoms with Crippen LogP contribution in [0.2, 0.25) is 0 Å². The van der Waals surface area contributed by atoms with Gasteiger partial charge >= 0.3 is 6.18 Å². The number of hydrogen-bond acceptors (Lipinski definition) is 7. The van der Waals surface area contributed by atoms with E-state index in [1.807, 2.05) is 11.9 Å². The molecular formula is C24H32F3N7O. The van der Waals surface area contributed by atoms with Crippen LogP contribution in [0.25, 0.3) is 0 Å². The predicted molar refractivity (Wildman–Crippen MR) is 131 cm³/mol. The van der Waals surface area contributed by atoms with E-state index in [4.69, 9.17) is 10.5 Å². The second-order valence-corrected chi connectivity index (χ2v) is 9.54. The Morgan fingerprint density at radius 3 is 2.66 bits per heavy atom. The number of aliphatic imine (C=N–C) groups is 2. The summed E-state index contributed by atoms with van der Waals surface area (Å²) in [4.78, 5) is 14.7. The number of rotatable bonds is 7. The number of aliphatic hydroxyl groups excluding tert-OH is 1. The third-order valence-electron chi connectivity index (χ3n) is 6.89. The Labute approximate surface area is 203 Å². The van der Waals surface area contributed by atoms with Crippen molar-refractivity contribution >= 4 is 23.7 Å². The van der Waals surface area contributed by atoms with Gasteiger partial charge in [0, 0.05) is 57.1 Å². The SMILES string of the molecule is CN(CCO)c1ccc(CN2CCC3(CCN(C4=NC=NC(=N)/C4=C\NCC(F)(F)F)C3)C2)cc1. The second-order valence-electron chi connectivity index (χ2n) is 9.54. The molecule has 2 fully saturated rings. The Bertz CT molecular complexity index is 1010. The van der Waals surface area contributed by atoms with Gasteiger partial charge in [-0.15, -0.1) is 0 Å². The highest BCUT2D eigenvalue weighted by Gasteiger charge is 2.44. The number of benzene rings is 1. The van der Waals surface area contributed by atoms with Crippen molar-refractivity contribution in [3.8, 4) is 0 Å². The summed E-state index contributed by atoms with van der Waals surface area (Å²) in [5.74, 6) is 0.421. The van der Waals surface area contributed by atoms with Crippen molar-refractivity contribution in [1.82, 2.24) is 15.1 Å². The number of halogens is 3. The van der Waals surface area contributed by atoms with Gasteiger partial charge in [0.2, 0.25) is 0 Å². The topological polar surface area (TPSA) is 90.6 Å². The monoisotopic (exact) mass is 491 g/mol. The fraction of sp³-hybridized carbons (Fsp3) is 0.542. The maximum absolute atomic E-state index is 12.6. The van der Waals surface area contributed by atoms with Crippen molar-refractivity contribution in [3.63, 3.8) is 0 Å². The first kappa shape index (κ1) is 25.2. The lowest BCUT2D eigenvalue weighted by atomic mass is 9.86. The van der Waals surface area contributed by atoms with Crippen LogP contribution < -0.4 is 10.2 Å². The van der Waals surface area contributed by atoms with Crippen LogP contribution in [0.1, 0.15) is 18.4 Å². The summed E-state index contributed by atoms with van der Waals surface area (Å²) in [6.45, 7) is 3.83. The zero-order valence-corrected chi connectivity index (χ0v) is 19.9. The van der Waals surface area contributed by atoms with Gasteiger partial charge < -0.3 is 20.2 Å². The highest BCUT2D eigenvalue weighted by Crippen LogP contribution is 2.40. The van der Waals surface area contributed by atoms with E-state index in [9.17, 15) is 13.2 Å². The Kier molecular flexibility index (Phi) is 7.46. The van der Waals surface area contributed by atoms with Gasteiger partial charge in [0.25, 0.3) is 0 Å². The zero-order valence-electron chi connectivity index (χ0n) is 19.9. The quantitative estimate of drug-likeness (QED) is 0.545. The molecule has 11 heteroatoms. The molecule has 0 aliphatic carbocycles. The molecule has 0 bridgehead atoms. The molecule has 4 rings (SSSR count). The van der Waals surface area contributed by atoms with E-state index in [-0.39, 0.29) is 23.4 Å². The maximum atomic E-state index is 12.6. The molecular weight excluding hydrogens is 459 g/mol. The molecule has 1 unspecified atom stereocenters. The molecule has 0 radical (unpaired) electrons. The lowest BCUT2D eigenvalue weighted by Crippen LogP contribution is -2.38. The van der Waals surface area contributed by atoms with Gasteiger partial charge in [0.05, 0.1) is 12.2 Å². The third kappa shape index (κ3) is 6.21. The summed E-state index contributed by atoms with van der Waals surface area (Å²) in [5.41, 5.74) is 2.70. The van der Waals surface area contributed by atoms with E-state index in [2.05, 4.69) is 49.4 Å². The second kappa shape index (κ2) is 10.4. The number of nitrogens with zero attached hydrogens (tertiary/aromatic N) is 5. The summed E-state index contributed by atoms with van der Waals surface area (Å²) < 4.78 is 37.7. The summed E-state index contributed by atoms with van der Waals surface area (Å²) >= 11 is 0. The average molecular weight is 492 g/mol. The number of alkyl halides is 3. The van der Waals surface area contributed by atoms with Crippen LogP contribution >= 0.6 is 0 Å². The number of likely N-dealkylation sites (tertiary alicyclic amines) is 2. The molecule has 3 heterocycles. The van der Waals surface area contributed by atoms with Gasteiger partial charge in [-0.05, 0) is 37.1 Å². The minimum absolute atomic E-state index is 0.0910. The van der Waals surface area contributed by atoms with E-state index >= 15 is 0 Å². The van der Waals surface area contributed by atoms with Crippen molar-refractivity contribution in [1.29, 1.82) is 5.41 Å². The zero-order chi connectivity index (χ0) is 25.1. The smallest absolute Gasteiger partial charge is 0.395 e. The van der Waals surface area contributed by atoms with Crippen LogP contribution in [0.5, 0.6) is 0 Å². The largest absolute Gasteiger partial charge is 0.405 e. The minimum Gasteiger partial charge on any atom is -0.395 e. The minimum atomic E-state index is -4.34. The summed E-state index contributed by atoms with van der Waals surface area (Å²) in [6, 6.07) is 8.41. The molecule has 8 nitrogen and oxygen atoms in total. The van der Waals surface area contributed by atoms with Crippen molar-refractivity contribution < 1.29 is 18.3 Å². The molecule has 190 valence electrons. The molecule has 35 heavy (non-hydrogen) atoms. The normalized spacial score (nSPS) is 24.0. The first-order chi connectivity index (χ1) is 16.7. The lowest BCUT2D eigenvalue weighted by molar-refractivity contribution is -0.122. The van der Waals surface area contributed by atoms with E-state index in [1.54, 1.807) is 0 Å². The Hall–Kier alpha value is -2.92. The number of amidine groups is 2. The highest BCUT2D eigenvalue weighted by atomic mass is 19.4. The Morgan fingerprint density at radius 2 is 1.94 bits per heavy atom. The molecule has 1 atom stereocenters. The van der Waals surface area contributed by atoms with Crippen LogP contribution in [0, 0.1) is 10.8 Å². The van der Waals surface area contributed by atoms with Gasteiger partial charge in [-0.25, -0.2) is 9.98 Å². The van der Waals surface area contributed by atoms with Gasteiger partial charge in [-0.2, -0.15) is 13.2 Å². The fourth-order valence-corrected chi connectivity index (χ4v) is 5.04. The number of aliphatic hydroxyl groups is 1. The standard InChI is InChI=1S/C24H32F3N7O/c1-32(10-11-35)19-4-2-18(3-5-19)13-33-8-6-23(15-33)7-9-34(16-23)22-20(21(28)30-17-31-22)12-29-14-24(25,26)27/h2-5,12,17,28-29,35H,6-11,13-16H2,1H3/b20-12+,28-21?. The first-order valence-corrected chi connectivity index (χ1v) is 11.8. The Balaban J connectivity index is 1.36. The molecule has 1 aromatic rings. The van der Waals surface area contributed by atoms with Gasteiger partial charge in [-0.3, -0.25) is 10.3 Å². The van der Waals surface area contributed by atoms with E-state index < -0.39 is 12.7 Å². The van der Waals surface area contributed by atoms with Crippen molar-refractivity contribution in [3.05, 3.63) is 41.6 Å². The molecule has 0 amide bonds. The van der Waals surface area contributed by atoms with Crippen molar-refractivity contribution in [2.24, 2.45) is 15.4 Å². The van der Waals surface area contributed by atoms with E-state index in [0.29, 0.717) is 12.4 Å². The molecule has 3 N–H and O–H groups in total. The molecule has 3 aliphatic rings. The van der Waals surface area contributed by atoms with Crippen LogP contribution in [0.15, 0.2) is 46.0 Å². The number of anilines is 1. The van der Waals surface area contributed by atoms with Gasteiger partial charge in [0.1, 0.15) is 18.7 Å². The lowest BCUT2D eigenvalue weighted by Gasteiger charge is -2.27. The van der Waals surface area contributed by atoms with Crippen molar-refractivity contribution in [2.45, 2.75) is 25.6 Å². The van der Waals surface area contributed by atoms with Crippen molar-refractivity contribution in [2.75, 3.05) is 57.8 Å². The van der Waals surface area contributed by atoms with Gasteiger partial charge in [-0.1, -0.05) is 12.1 Å². The molecule has 0 aromatic heterocycles. The number of likely N-dealkylation sites (N-methyl/N-ethyl adjacent to an activating group) is 1. The summed E-state index contributed by atoms with van der Waals surface area (Å²) in [6.07, 6.45) is 0.187. The van der Waals surface area contributed by atoms with Crippen LogP contribution in [0.4, 0.5) is 18.9 Å². The first-order valence-electron chi connectivity index (χ1n) is 11.8. The van der Waals surface area contributed by atoms with Crippen LogP contribution in [-0.2, 0) is 6.54 Å². The average Bonchev–Trinajstić information content (AvgIpc) is 3.41. The van der Waals surface area contributed by atoms with E-state index in [1.165, 1.54) is 18.1 Å². The highest BCUT2D eigenvalue weighted by molar-refractivity contribution is 6.26. The number of nitrogens with one attached hydrogen (secondary N) is 2. The molecule has 0 saturated carbocycles.